The Bertz CT molecular complexity index is 5460. The van der Waals surface area contributed by atoms with Crippen LogP contribution in [-0.2, 0) is 117 Å². The molecule has 5 aromatic carbocycles. The van der Waals surface area contributed by atoms with Gasteiger partial charge >= 0.3 is 23.9 Å². The van der Waals surface area contributed by atoms with Gasteiger partial charge in [0.25, 0.3) is 0 Å². The number of carbonyl (C=O) groups is 21. The fourth-order valence-electron chi connectivity index (χ4n) is 16.6. The minimum atomic E-state index is -2.13. The first-order valence-corrected chi connectivity index (χ1v) is 50.0. The number of carboxylic acid groups (broad SMARTS) is 3. The third kappa shape index (κ3) is 42.0. The highest BCUT2D eigenvalue weighted by Crippen LogP contribution is 2.29. The monoisotopic (exact) mass is 2090 g/mol. The average Bonchev–Trinajstić information content (AvgIpc) is 0.834. The molecule has 0 radical (unpaired) electrons. The smallest absolute Gasteiger partial charge is 0.341 e. The lowest BCUT2D eigenvalue weighted by Gasteiger charge is -2.32. The number of carboxylic acids is 3. The van der Waals surface area contributed by atoms with Crippen LogP contribution in [0, 0.1) is 24.7 Å². The Morgan fingerprint density at radius 2 is 0.853 bits per heavy atom. The molecule has 6 rings (SSSR count). The summed E-state index contributed by atoms with van der Waals surface area (Å²) in [6.45, 7) is 11.4. The van der Waals surface area contributed by atoms with Gasteiger partial charge in [-0.15, -0.1) is 0 Å². The van der Waals surface area contributed by atoms with Crippen LogP contribution in [-0.4, -0.2) is 275 Å². The number of nitrogens with two attached hydrogens (primary N) is 6. The highest BCUT2D eigenvalue weighted by Gasteiger charge is 2.42. The first-order valence-electron chi connectivity index (χ1n) is 50.0. The molecule has 0 aromatic heterocycles. The number of rotatable bonds is 64. The van der Waals surface area contributed by atoms with Crippen LogP contribution in [0.4, 0.5) is 4.79 Å². The Morgan fingerprint density at radius 3 is 1.34 bits per heavy atom. The minimum Gasteiger partial charge on any atom is -0.482 e. The van der Waals surface area contributed by atoms with Crippen molar-refractivity contribution in [3.05, 3.63) is 161 Å². The van der Waals surface area contributed by atoms with E-state index in [-0.39, 0.29) is 105 Å². The van der Waals surface area contributed by atoms with Gasteiger partial charge in [0.05, 0.1) is 12.0 Å². The number of aryl methyl sites for hydroxylation is 1. The highest BCUT2D eigenvalue weighted by molar-refractivity contribution is 6.02. The number of hydrogen-bond acceptors (Lipinski definition) is 25. The highest BCUT2D eigenvalue weighted by atomic mass is 16.5. The minimum absolute atomic E-state index is 0.00233. The lowest BCUT2D eigenvalue weighted by molar-refractivity contribution is -0.143. The van der Waals surface area contributed by atoms with Gasteiger partial charge in [-0.1, -0.05) is 182 Å². The maximum absolute atomic E-state index is 15.7. The second kappa shape index (κ2) is 62.6. The standard InChI is InChI=1S/C103H146N22O25/c1-10-69(89(134)113-70(41-44-105)87(108)132)112-90(135)71(26-19-43-104)115-100(145)86(57(5)6)124-98(143)78(48-60-21-14-12-15-22-60)118-91(136)72(42-45-106)114-92(137)74(46-56(3)4)117-88(133)59(8)125(9)101(146)73(39-40-82(107)126)116-93(138)75(49-61-27-33-66(34-28-61)65-24-16-13-17-25-65)119-94(139)76(50-62-29-35-67(36-30-62)102(147)148)120-96(141)79(52-64-23-18-20-58(7)47-64)121-97(142)80(53-84(128)129)123-95(140)77(51-63-31-37-68(38-32-63)150-55-85(130)131)122-99(144)81(54-110-103(109)149)111-83(127)11-2/h13,16-18,20,23-25,27-38,47,56-57,59-60,69-81,86H,10-12,14-15,19,21-22,26,39-46,48-55,104-106H2,1-9H3,(H2,107,126)(H2,108,132)(H,111,127)(H,112,135)(H,113,134)(H,114,137)(H,115,145)(H,116,138)(H,117,133)(H,118,136)(H,119,139)(H,120,141)(H,121,142)(H,122,144)(H,123,140)(H,124,143)(H,128,129)(H,130,131)(H,147,148)(H3,109,110,149)/t59-,69-,70?,71?,72-,73-,74+,75-,76-,77?,78?,79?,80-,81?,86?/m0/s1. The van der Waals surface area contributed by atoms with E-state index >= 15 is 24.0 Å². The molecular weight excluding hydrogens is 1950 g/mol. The van der Waals surface area contributed by atoms with Crippen LogP contribution in [0.1, 0.15) is 189 Å². The Morgan fingerprint density at radius 1 is 0.413 bits per heavy atom. The van der Waals surface area contributed by atoms with Crippen molar-refractivity contribution < 1.29 is 121 Å². The predicted molar refractivity (Wildman–Crippen MR) is 549 cm³/mol. The van der Waals surface area contributed by atoms with Gasteiger partial charge in [-0.05, 0) is 160 Å². The summed E-state index contributed by atoms with van der Waals surface area (Å²) in [5.74, 6) is -21.8. The topological polar surface area (TPSA) is 768 Å². The second-order valence-corrected chi connectivity index (χ2v) is 37.9. The van der Waals surface area contributed by atoms with Crippen LogP contribution in [0.5, 0.6) is 5.75 Å². The van der Waals surface area contributed by atoms with E-state index in [1.54, 1.807) is 90.1 Å². The molecule has 1 saturated carbocycles. The SMILES string of the molecule is CCC(=O)NC(CNC(N)=O)C(=O)NC(Cc1ccc(OCC(=O)O)cc1)C(=O)N[C@@H](CC(=O)O)C(=O)NC(Cc1cccc(C)c1)C(=O)N[C@@H](Cc1ccc(C(=O)O)cc1)C(=O)N[C@@H](Cc1ccc(-c2ccccc2)cc1)C(=O)N[C@@H](CCC(N)=O)C(=O)N(C)[C@@H](C)C(=O)N[C@H](CC(C)C)C(=O)N[C@@H](CCN)C(=O)NC(CC1CCCCC1)C(=O)NC(C(=O)NC(CCCN)C(=O)N[C@@H](CC)C(=O)NC(CCN)C(N)=O)C(C)C. The van der Waals surface area contributed by atoms with Crippen LogP contribution in [0.3, 0.4) is 0 Å². The van der Waals surface area contributed by atoms with Crippen LogP contribution < -0.4 is 119 Å². The fraction of sp³-hybridized carbons (Fsp3) is 0.505. The Hall–Kier alpha value is -15.5. The number of nitrogens with one attached hydrogen (secondary N) is 15. The largest absolute Gasteiger partial charge is 0.482 e. The second-order valence-electron chi connectivity index (χ2n) is 37.9. The van der Waals surface area contributed by atoms with Gasteiger partial charge in [-0.25, -0.2) is 14.4 Å². The summed E-state index contributed by atoms with van der Waals surface area (Å²) in [6.07, 6.45) is -0.289. The molecule has 0 spiro atoms. The molecule has 7 unspecified atom stereocenters. The first kappa shape index (κ1) is 123. The summed E-state index contributed by atoms with van der Waals surface area (Å²) in [4.78, 5) is 294. The maximum Gasteiger partial charge on any atom is 0.341 e. The van der Waals surface area contributed by atoms with Gasteiger partial charge in [0.15, 0.2) is 6.61 Å². The van der Waals surface area contributed by atoms with E-state index in [0.29, 0.717) is 35.1 Å². The molecule has 0 bridgehead atoms. The molecule has 30 N–H and O–H groups in total. The summed E-state index contributed by atoms with van der Waals surface area (Å²) < 4.78 is 5.24. The molecule has 15 atom stereocenters. The van der Waals surface area contributed by atoms with Crippen molar-refractivity contribution in [3.8, 4) is 16.9 Å². The number of primary amides is 3. The van der Waals surface area contributed by atoms with Crippen molar-refractivity contribution in [1.29, 1.82) is 0 Å². The van der Waals surface area contributed by atoms with E-state index in [0.717, 1.165) is 29.7 Å². The number of urea groups is 1. The number of carbonyl (C=O) groups excluding carboxylic acids is 18. The molecule has 5 aromatic rings. The van der Waals surface area contributed by atoms with E-state index in [2.05, 4.69) is 79.8 Å². The summed E-state index contributed by atoms with van der Waals surface area (Å²) in [6, 6.07) is 8.25. The summed E-state index contributed by atoms with van der Waals surface area (Å²) in [5.41, 5.74) is 37.2. The molecule has 0 aliphatic heterocycles. The fourth-order valence-corrected chi connectivity index (χ4v) is 16.6. The molecular formula is C103H146N22O25. The normalized spacial score (nSPS) is 14.8. The zero-order chi connectivity index (χ0) is 111. The van der Waals surface area contributed by atoms with Crippen molar-refractivity contribution in [2.24, 2.45) is 52.2 Å². The molecule has 0 saturated heterocycles. The van der Waals surface area contributed by atoms with Crippen LogP contribution in [0.25, 0.3) is 11.1 Å². The third-order valence-electron chi connectivity index (χ3n) is 25.1. The molecule has 1 fully saturated rings. The average molecular weight is 2090 g/mol. The molecule has 818 valence electrons. The summed E-state index contributed by atoms with van der Waals surface area (Å²) in [7, 11) is 1.18. The number of likely N-dealkylation sites (N-methyl/N-ethyl adjacent to an activating group) is 1. The van der Waals surface area contributed by atoms with E-state index in [9.17, 15) is 92.0 Å². The van der Waals surface area contributed by atoms with Crippen LogP contribution >= 0.6 is 0 Å². The number of nitrogens with zero attached hydrogens (tertiary/aromatic N) is 1. The molecule has 1 aliphatic carbocycles. The Kier molecular flexibility index (Phi) is 51.4. The van der Waals surface area contributed by atoms with Crippen molar-refractivity contribution in [2.45, 2.75) is 274 Å². The lowest BCUT2D eigenvalue weighted by atomic mass is 9.84. The van der Waals surface area contributed by atoms with E-state index in [4.69, 9.17) is 39.1 Å². The number of hydrogen-bond donors (Lipinski definition) is 24. The number of benzene rings is 5. The zero-order valence-corrected chi connectivity index (χ0v) is 85.9. The lowest BCUT2D eigenvalue weighted by Crippen LogP contribution is -2.62. The maximum atomic E-state index is 15.7. The van der Waals surface area contributed by atoms with Gasteiger partial charge in [-0.3, -0.25) is 86.3 Å². The Labute approximate surface area is 869 Å². The number of ether oxygens (including phenoxy) is 1. The first-order chi connectivity index (χ1) is 71.1. The van der Waals surface area contributed by atoms with Gasteiger partial charge < -0.3 is 139 Å². The van der Waals surface area contributed by atoms with Crippen molar-refractivity contribution in [3.63, 3.8) is 0 Å². The van der Waals surface area contributed by atoms with Gasteiger partial charge in [0.2, 0.25) is 100 Å². The zero-order valence-electron chi connectivity index (χ0n) is 85.9. The quantitative estimate of drug-likeness (QED) is 0.0212. The van der Waals surface area contributed by atoms with Gasteiger partial charge in [-0.2, -0.15) is 0 Å². The Balaban J connectivity index is 1.32. The van der Waals surface area contributed by atoms with Crippen molar-refractivity contribution >= 4 is 124 Å². The van der Waals surface area contributed by atoms with E-state index < -0.39 is 279 Å². The summed E-state index contributed by atoms with van der Waals surface area (Å²) >= 11 is 0. The number of aliphatic carboxylic acids is 2. The molecule has 150 heavy (non-hydrogen) atoms. The molecule has 1 aliphatic rings. The van der Waals surface area contributed by atoms with E-state index in [1.165, 1.54) is 69.4 Å². The predicted octanol–water partition coefficient (Wildman–Crippen LogP) is -1.45. The van der Waals surface area contributed by atoms with Crippen LogP contribution in [0.2, 0.25) is 0 Å². The van der Waals surface area contributed by atoms with Crippen molar-refractivity contribution in [2.75, 3.05) is 39.8 Å². The summed E-state index contributed by atoms with van der Waals surface area (Å²) in [5, 5.41) is 68.3. The number of amides is 19. The van der Waals surface area contributed by atoms with E-state index in [1.807, 2.05) is 30.3 Å². The molecule has 19 amide bonds. The molecule has 0 heterocycles. The van der Waals surface area contributed by atoms with Crippen LogP contribution in [0.15, 0.2) is 127 Å². The van der Waals surface area contributed by atoms with Gasteiger partial charge in [0.1, 0.15) is 96.4 Å². The molecule has 47 heteroatoms. The third-order valence-corrected chi connectivity index (χ3v) is 25.1. The van der Waals surface area contributed by atoms with Crippen molar-refractivity contribution in [1.82, 2.24) is 84.7 Å². The molecule has 47 nitrogen and oxygen atoms in total. The van der Waals surface area contributed by atoms with Gasteiger partial charge in [0, 0.05) is 52.1 Å². The number of aromatic carboxylic acids is 1.